The molecule has 128 valence electrons. The molecule has 24 heavy (non-hydrogen) atoms. The SMILES string of the molecule is Cc1ccc2nc(N3CCC[C@@H](O)C3)c(CN3CC(O)C3)cc2c1. The first-order chi connectivity index (χ1) is 11.6. The highest BCUT2D eigenvalue weighted by molar-refractivity contribution is 5.82. The Bertz CT molecular complexity index is 743. The summed E-state index contributed by atoms with van der Waals surface area (Å²) >= 11 is 0. The molecule has 1 atom stereocenters. The van der Waals surface area contributed by atoms with Crippen molar-refractivity contribution in [3.63, 3.8) is 0 Å². The Morgan fingerprint density at radius 2 is 1.96 bits per heavy atom. The van der Waals surface area contributed by atoms with E-state index in [0.717, 1.165) is 55.7 Å². The molecule has 0 spiro atoms. The second-order valence-electron chi connectivity index (χ2n) is 7.26. The van der Waals surface area contributed by atoms with Gasteiger partial charge in [0, 0.05) is 43.7 Å². The van der Waals surface area contributed by atoms with Crippen molar-refractivity contribution in [3.8, 4) is 0 Å². The largest absolute Gasteiger partial charge is 0.391 e. The van der Waals surface area contributed by atoms with E-state index in [1.165, 1.54) is 11.1 Å². The summed E-state index contributed by atoms with van der Waals surface area (Å²) in [6, 6.07) is 8.57. The zero-order valence-electron chi connectivity index (χ0n) is 14.1. The van der Waals surface area contributed by atoms with E-state index in [9.17, 15) is 10.2 Å². The summed E-state index contributed by atoms with van der Waals surface area (Å²) in [4.78, 5) is 9.39. The Balaban J connectivity index is 1.72. The fourth-order valence-electron chi connectivity index (χ4n) is 3.78. The van der Waals surface area contributed by atoms with E-state index in [-0.39, 0.29) is 12.2 Å². The van der Waals surface area contributed by atoms with Gasteiger partial charge in [-0.05, 0) is 38.0 Å². The molecule has 2 N–H and O–H groups in total. The summed E-state index contributed by atoms with van der Waals surface area (Å²) in [6.45, 7) is 5.95. The Labute approximate surface area is 142 Å². The second-order valence-corrected chi connectivity index (χ2v) is 7.26. The Hall–Kier alpha value is -1.69. The fourth-order valence-corrected chi connectivity index (χ4v) is 3.78. The van der Waals surface area contributed by atoms with Crippen molar-refractivity contribution in [1.82, 2.24) is 9.88 Å². The number of aryl methyl sites for hydroxylation is 1. The third kappa shape index (κ3) is 3.11. The minimum Gasteiger partial charge on any atom is -0.391 e. The second kappa shape index (κ2) is 6.31. The Morgan fingerprint density at radius 1 is 1.12 bits per heavy atom. The maximum absolute atomic E-state index is 10.0. The molecule has 2 aliphatic heterocycles. The van der Waals surface area contributed by atoms with Crippen LogP contribution in [0, 0.1) is 6.92 Å². The lowest BCUT2D eigenvalue weighted by Crippen LogP contribution is -2.50. The van der Waals surface area contributed by atoms with E-state index in [1.807, 2.05) is 0 Å². The number of nitrogens with zero attached hydrogens (tertiary/aromatic N) is 3. The maximum atomic E-state index is 10.0. The van der Waals surface area contributed by atoms with Gasteiger partial charge in [0.15, 0.2) is 0 Å². The van der Waals surface area contributed by atoms with Crippen LogP contribution in [-0.4, -0.2) is 58.5 Å². The maximum Gasteiger partial charge on any atom is 0.133 e. The molecule has 0 amide bonds. The van der Waals surface area contributed by atoms with Gasteiger partial charge >= 0.3 is 0 Å². The third-order valence-corrected chi connectivity index (χ3v) is 5.05. The lowest BCUT2D eigenvalue weighted by Gasteiger charge is -2.38. The van der Waals surface area contributed by atoms with Gasteiger partial charge in [-0.1, -0.05) is 11.6 Å². The number of benzene rings is 1. The van der Waals surface area contributed by atoms with Crippen LogP contribution in [0.1, 0.15) is 24.0 Å². The first kappa shape index (κ1) is 15.8. The van der Waals surface area contributed by atoms with Gasteiger partial charge in [-0.25, -0.2) is 4.98 Å². The molecule has 0 aliphatic carbocycles. The number of anilines is 1. The van der Waals surface area contributed by atoms with Gasteiger partial charge in [0.05, 0.1) is 17.7 Å². The van der Waals surface area contributed by atoms with Crippen LogP contribution in [-0.2, 0) is 6.54 Å². The summed E-state index contributed by atoms with van der Waals surface area (Å²) in [5.41, 5.74) is 3.42. The van der Waals surface area contributed by atoms with Gasteiger partial charge in [0.25, 0.3) is 0 Å². The number of hydrogen-bond donors (Lipinski definition) is 2. The van der Waals surface area contributed by atoms with Gasteiger partial charge in [-0.3, -0.25) is 4.90 Å². The molecule has 1 aromatic heterocycles. The number of pyridine rings is 1. The molecule has 4 rings (SSSR count). The van der Waals surface area contributed by atoms with Gasteiger partial charge in [-0.15, -0.1) is 0 Å². The number of rotatable bonds is 3. The molecule has 5 heteroatoms. The van der Waals surface area contributed by atoms with Gasteiger partial charge < -0.3 is 15.1 Å². The van der Waals surface area contributed by atoms with Crippen LogP contribution < -0.4 is 4.90 Å². The monoisotopic (exact) mass is 327 g/mol. The molecule has 3 heterocycles. The molecule has 0 radical (unpaired) electrons. The number of hydrogen-bond acceptors (Lipinski definition) is 5. The average Bonchev–Trinajstić information content (AvgIpc) is 2.52. The van der Waals surface area contributed by atoms with Crippen molar-refractivity contribution >= 4 is 16.7 Å². The van der Waals surface area contributed by atoms with Crippen LogP contribution in [0.25, 0.3) is 10.9 Å². The summed E-state index contributed by atoms with van der Waals surface area (Å²) < 4.78 is 0. The molecule has 2 fully saturated rings. The number of fused-ring (bicyclic) bond motifs is 1. The minimum atomic E-state index is -0.270. The van der Waals surface area contributed by atoms with Crippen molar-refractivity contribution in [2.75, 3.05) is 31.1 Å². The normalized spacial score (nSPS) is 22.8. The van der Waals surface area contributed by atoms with E-state index in [0.29, 0.717) is 6.54 Å². The highest BCUT2D eigenvalue weighted by Crippen LogP contribution is 2.29. The number of β-amino-alcohol motifs (C(OH)–C–C–N with tert-alkyl or cyclic N) is 2. The van der Waals surface area contributed by atoms with Gasteiger partial charge in [0.1, 0.15) is 5.82 Å². The number of aliphatic hydroxyl groups is 2. The van der Waals surface area contributed by atoms with Crippen molar-refractivity contribution in [3.05, 3.63) is 35.4 Å². The smallest absolute Gasteiger partial charge is 0.133 e. The van der Waals surface area contributed by atoms with E-state index >= 15 is 0 Å². The number of likely N-dealkylation sites (tertiary alicyclic amines) is 1. The molecule has 0 unspecified atom stereocenters. The fraction of sp³-hybridized carbons (Fsp3) is 0.526. The van der Waals surface area contributed by atoms with Crippen LogP contribution in [0.2, 0.25) is 0 Å². The van der Waals surface area contributed by atoms with Crippen LogP contribution in [0.5, 0.6) is 0 Å². The van der Waals surface area contributed by atoms with E-state index in [4.69, 9.17) is 4.98 Å². The zero-order valence-corrected chi connectivity index (χ0v) is 14.1. The third-order valence-electron chi connectivity index (χ3n) is 5.05. The zero-order chi connectivity index (χ0) is 16.7. The van der Waals surface area contributed by atoms with Crippen LogP contribution in [0.4, 0.5) is 5.82 Å². The summed E-state index contributed by atoms with van der Waals surface area (Å²) in [7, 11) is 0. The Morgan fingerprint density at radius 3 is 2.71 bits per heavy atom. The molecule has 2 saturated heterocycles. The lowest BCUT2D eigenvalue weighted by atomic mass is 10.0. The molecule has 0 bridgehead atoms. The molecule has 1 aromatic carbocycles. The molecule has 2 aromatic rings. The first-order valence-electron chi connectivity index (χ1n) is 8.82. The van der Waals surface area contributed by atoms with Crippen LogP contribution in [0.3, 0.4) is 0 Å². The predicted molar refractivity (Wildman–Crippen MR) is 95.2 cm³/mol. The van der Waals surface area contributed by atoms with Crippen molar-refractivity contribution in [2.45, 2.75) is 38.5 Å². The van der Waals surface area contributed by atoms with E-state index in [1.54, 1.807) is 0 Å². The van der Waals surface area contributed by atoms with Crippen molar-refractivity contribution in [2.24, 2.45) is 0 Å². The number of aromatic nitrogens is 1. The lowest BCUT2D eigenvalue weighted by molar-refractivity contribution is -0.00283. The van der Waals surface area contributed by atoms with Crippen molar-refractivity contribution in [1.29, 1.82) is 0 Å². The van der Waals surface area contributed by atoms with Gasteiger partial charge in [-0.2, -0.15) is 0 Å². The number of aliphatic hydroxyl groups excluding tert-OH is 2. The summed E-state index contributed by atoms with van der Waals surface area (Å²) in [5.74, 6) is 0.992. The molecular weight excluding hydrogens is 302 g/mol. The highest BCUT2D eigenvalue weighted by atomic mass is 16.3. The van der Waals surface area contributed by atoms with Crippen LogP contribution in [0.15, 0.2) is 24.3 Å². The van der Waals surface area contributed by atoms with E-state index < -0.39 is 0 Å². The van der Waals surface area contributed by atoms with Crippen molar-refractivity contribution < 1.29 is 10.2 Å². The standard InChI is InChI=1S/C19H25N3O2/c1-13-4-5-18-14(7-13)8-15(9-21-10-17(24)11-21)19(20-18)22-6-2-3-16(23)12-22/h4-5,7-8,16-17,23-24H,2-3,6,9-12H2,1H3/t16-/m1/s1. The molecular formula is C19H25N3O2. The average molecular weight is 327 g/mol. The summed E-state index contributed by atoms with van der Waals surface area (Å²) in [5, 5.41) is 20.8. The topological polar surface area (TPSA) is 59.8 Å². The summed E-state index contributed by atoms with van der Waals surface area (Å²) in [6.07, 6.45) is 1.40. The minimum absolute atomic E-state index is 0.194. The molecule has 0 saturated carbocycles. The van der Waals surface area contributed by atoms with Gasteiger partial charge in [0.2, 0.25) is 0 Å². The quantitative estimate of drug-likeness (QED) is 0.898. The molecule has 5 nitrogen and oxygen atoms in total. The highest BCUT2D eigenvalue weighted by Gasteiger charge is 2.27. The Kier molecular flexibility index (Phi) is 4.16. The van der Waals surface area contributed by atoms with E-state index in [2.05, 4.69) is 41.0 Å². The predicted octanol–water partition coefficient (Wildman–Crippen LogP) is 1.68. The van der Waals surface area contributed by atoms with Crippen LogP contribution >= 0.6 is 0 Å². The first-order valence-corrected chi connectivity index (χ1v) is 8.82. The molecule has 2 aliphatic rings. The number of piperidine rings is 1.